The van der Waals surface area contributed by atoms with E-state index in [-0.39, 0.29) is 15.7 Å². The molecule has 1 N–H and O–H groups in total. The Kier molecular flexibility index (Phi) is 4.97. The molecule has 2 saturated carbocycles. The fraction of sp³-hybridized carbons (Fsp3) is 0.650. The van der Waals surface area contributed by atoms with Crippen LogP contribution >= 0.6 is 0 Å². The van der Waals surface area contributed by atoms with Crippen molar-refractivity contribution in [1.29, 1.82) is 0 Å². The van der Waals surface area contributed by atoms with Gasteiger partial charge in [-0.15, -0.1) is 0 Å². The highest BCUT2D eigenvalue weighted by molar-refractivity contribution is 7.89. The lowest BCUT2D eigenvalue weighted by Gasteiger charge is -2.47. The fourth-order valence-corrected chi connectivity index (χ4v) is 5.44. The average Bonchev–Trinajstić information content (AvgIpc) is 3.03. The number of benzene rings is 1. The molecule has 0 aromatic heterocycles. The second-order valence-electron chi connectivity index (χ2n) is 8.27. The van der Waals surface area contributed by atoms with Gasteiger partial charge in [-0.25, -0.2) is 4.83 Å². The summed E-state index contributed by atoms with van der Waals surface area (Å²) in [4.78, 5) is 2.79. The number of rotatable bonds is 4. The van der Waals surface area contributed by atoms with Gasteiger partial charge in [-0.05, 0) is 56.6 Å². The summed E-state index contributed by atoms with van der Waals surface area (Å²) in [6.07, 6.45) is 9.27. The topological polar surface area (TPSA) is 58.5 Å². The molecule has 0 spiro atoms. The molecule has 1 unspecified atom stereocenters. The molecule has 138 valence electrons. The summed E-state index contributed by atoms with van der Waals surface area (Å²) >= 11 is 0. The molecule has 0 amide bonds. The Bertz CT molecular complexity index is 746. The summed E-state index contributed by atoms with van der Waals surface area (Å²) in [6.45, 7) is 6.62. The maximum atomic E-state index is 12.6. The average molecular weight is 363 g/mol. The van der Waals surface area contributed by atoms with Gasteiger partial charge in [0.1, 0.15) is 0 Å². The van der Waals surface area contributed by atoms with E-state index >= 15 is 0 Å². The monoisotopic (exact) mass is 362 g/mol. The maximum Gasteiger partial charge on any atom is 0.276 e. The van der Waals surface area contributed by atoms with Crippen LogP contribution in [0.25, 0.3) is 0 Å². The third kappa shape index (κ3) is 3.48. The zero-order valence-corrected chi connectivity index (χ0v) is 16.5. The molecule has 2 fully saturated rings. The van der Waals surface area contributed by atoms with Crippen LogP contribution in [0, 0.1) is 17.8 Å². The van der Waals surface area contributed by atoms with Gasteiger partial charge in [0.05, 0.1) is 4.90 Å². The van der Waals surface area contributed by atoms with Gasteiger partial charge in [0.15, 0.2) is 0 Å². The van der Waals surface area contributed by atoms with E-state index in [0.29, 0.717) is 0 Å². The van der Waals surface area contributed by atoms with Crippen LogP contribution in [0.2, 0.25) is 0 Å². The van der Waals surface area contributed by atoms with E-state index in [1.54, 1.807) is 12.1 Å². The molecule has 25 heavy (non-hydrogen) atoms. The number of nitrogens with one attached hydrogen (secondary N) is 1. The largest absolute Gasteiger partial charge is 0.276 e. The number of hydrogen-bond donors (Lipinski definition) is 1. The summed E-state index contributed by atoms with van der Waals surface area (Å²) in [6, 6.07) is 6.89. The van der Waals surface area contributed by atoms with Crippen LogP contribution < -0.4 is 4.83 Å². The van der Waals surface area contributed by atoms with Crippen molar-refractivity contribution in [3.05, 3.63) is 29.8 Å². The van der Waals surface area contributed by atoms with Gasteiger partial charge >= 0.3 is 0 Å². The van der Waals surface area contributed by atoms with Gasteiger partial charge < -0.3 is 0 Å². The molecule has 0 bridgehead atoms. The molecule has 1 aromatic rings. The molecule has 0 aliphatic heterocycles. The van der Waals surface area contributed by atoms with Crippen molar-refractivity contribution in [1.82, 2.24) is 4.83 Å². The second-order valence-corrected chi connectivity index (χ2v) is 9.93. The maximum absolute atomic E-state index is 12.6. The van der Waals surface area contributed by atoms with Crippen molar-refractivity contribution in [2.45, 2.75) is 77.0 Å². The molecule has 4 nitrogen and oxygen atoms in total. The van der Waals surface area contributed by atoms with Crippen molar-refractivity contribution in [2.24, 2.45) is 15.9 Å². The number of aryl methyl sites for hydroxylation is 1. The molecule has 0 saturated heterocycles. The van der Waals surface area contributed by atoms with E-state index in [1.165, 1.54) is 32.1 Å². The van der Waals surface area contributed by atoms with Gasteiger partial charge in [0, 0.05) is 11.1 Å². The minimum atomic E-state index is -3.61. The number of nitrogens with zero attached hydrogens (tertiary/aromatic N) is 1. The van der Waals surface area contributed by atoms with Crippen molar-refractivity contribution in [3.8, 4) is 0 Å². The van der Waals surface area contributed by atoms with E-state index in [4.69, 9.17) is 0 Å². The number of sulfonamides is 1. The molecule has 5 heteroatoms. The van der Waals surface area contributed by atoms with Crippen molar-refractivity contribution < 1.29 is 8.42 Å². The van der Waals surface area contributed by atoms with E-state index < -0.39 is 10.0 Å². The number of hydrazone groups is 1. The zero-order chi connectivity index (χ0) is 18.1. The molecule has 1 aromatic carbocycles. The lowest BCUT2D eigenvalue weighted by Crippen LogP contribution is -2.45. The van der Waals surface area contributed by atoms with Crippen molar-refractivity contribution >= 4 is 15.7 Å². The van der Waals surface area contributed by atoms with Gasteiger partial charge in [-0.2, -0.15) is 13.5 Å². The normalized spacial score (nSPS) is 28.2. The molecule has 2 aliphatic carbocycles. The third-order valence-corrected chi connectivity index (χ3v) is 7.87. The quantitative estimate of drug-likeness (QED) is 0.783. The molecule has 1 atom stereocenters. The first-order valence-corrected chi connectivity index (χ1v) is 10.9. The minimum Gasteiger partial charge on any atom is -0.200 e. The van der Waals surface area contributed by atoms with Crippen molar-refractivity contribution in [2.75, 3.05) is 0 Å². The SMILES string of the molecule is Cc1ccc(S(=O)(=O)N/N=C2\CCCCC2(C)C2(C)CCCC2)cc1. The van der Waals surface area contributed by atoms with Crippen LogP contribution in [-0.2, 0) is 10.0 Å². The Labute approximate surface area is 152 Å². The van der Waals surface area contributed by atoms with Crippen LogP contribution in [0.15, 0.2) is 34.3 Å². The summed E-state index contributed by atoms with van der Waals surface area (Å²) < 4.78 is 25.2. The lowest BCUT2D eigenvalue weighted by atomic mass is 9.57. The fourth-order valence-electron chi connectivity index (χ4n) is 4.61. The van der Waals surface area contributed by atoms with Gasteiger partial charge in [-0.3, -0.25) is 0 Å². The van der Waals surface area contributed by atoms with Crippen LogP contribution in [0.4, 0.5) is 0 Å². The first-order chi connectivity index (χ1) is 11.8. The second kappa shape index (κ2) is 6.75. The Morgan fingerprint density at radius 1 is 0.960 bits per heavy atom. The Morgan fingerprint density at radius 2 is 1.56 bits per heavy atom. The summed E-state index contributed by atoms with van der Waals surface area (Å²) in [5.41, 5.74) is 2.32. The number of hydrogen-bond acceptors (Lipinski definition) is 3. The molecule has 3 rings (SSSR count). The van der Waals surface area contributed by atoms with Gasteiger partial charge in [0.2, 0.25) is 0 Å². The van der Waals surface area contributed by atoms with Gasteiger partial charge in [-0.1, -0.05) is 50.8 Å². The minimum absolute atomic E-state index is 0.00243. The molecular weight excluding hydrogens is 332 g/mol. The van der Waals surface area contributed by atoms with Crippen LogP contribution in [-0.4, -0.2) is 14.1 Å². The lowest BCUT2D eigenvalue weighted by molar-refractivity contribution is 0.123. The molecule has 0 heterocycles. The third-order valence-electron chi connectivity index (χ3n) is 6.65. The molecular formula is C20H30N2O2S. The summed E-state index contributed by atoms with van der Waals surface area (Å²) in [7, 11) is -3.61. The first-order valence-electron chi connectivity index (χ1n) is 9.42. The predicted octanol–water partition coefficient (Wildman–Crippen LogP) is 4.79. The van der Waals surface area contributed by atoms with E-state index in [0.717, 1.165) is 30.5 Å². The van der Waals surface area contributed by atoms with Crippen LogP contribution in [0.1, 0.15) is 70.8 Å². The standard InChI is InChI=1S/C20H30N2O2S/c1-16-9-11-17(12-10-16)25(23,24)22-21-18-8-4-5-15-20(18,3)19(2)13-6-7-14-19/h9-12,22H,4-8,13-15H2,1-3H3/b21-18+. The summed E-state index contributed by atoms with van der Waals surface area (Å²) in [5.74, 6) is 0. The Morgan fingerprint density at radius 3 is 2.20 bits per heavy atom. The van der Waals surface area contributed by atoms with Crippen LogP contribution in [0.3, 0.4) is 0 Å². The van der Waals surface area contributed by atoms with Crippen molar-refractivity contribution in [3.63, 3.8) is 0 Å². The smallest absolute Gasteiger partial charge is 0.200 e. The van der Waals surface area contributed by atoms with E-state index in [9.17, 15) is 8.42 Å². The highest BCUT2D eigenvalue weighted by Crippen LogP contribution is 2.56. The Hall–Kier alpha value is -1.36. The van der Waals surface area contributed by atoms with Gasteiger partial charge in [0.25, 0.3) is 10.0 Å². The highest BCUT2D eigenvalue weighted by Gasteiger charge is 2.49. The predicted molar refractivity (Wildman–Crippen MR) is 102 cm³/mol. The zero-order valence-electron chi connectivity index (χ0n) is 15.6. The van der Waals surface area contributed by atoms with E-state index in [1.807, 2.05) is 19.1 Å². The Balaban J connectivity index is 1.86. The molecule has 2 aliphatic rings. The molecule has 0 radical (unpaired) electrons. The highest BCUT2D eigenvalue weighted by atomic mass is 32.2. The summed E-state index contributed by atoms with van der Waals surface area (Å²) in [5, 5.41) is 4.48. The first kappa shape index (κ1) is 18.4. The van der Waals surface area contributed by atoms with Crippen LogP contribution in [0.5, 0.6) is 0 Å². The van der Waals surface area contributed by atoms with E-state index in [2.05, 4.69) is 23.8 Å².